The molecule has 0 spiro atoms. The Kier molecular flexibility index (Phi) is 3.63. The van der Waals surface area contributed by atoms with Crippen molar-refractivity contribution in [2.45, 2.75) is 44.6 Å². The molecule has 2 aliphatic heterocycles. The van der Waals surface area contributed by atoms with Gasteiger partial charge in [-0.3, -0.25) is 0 Å². The Bertz CT molecular complexity index is 1040. The molecule has 5 nitrogen and oxygen atoms in total. The van der Waals surface area contributed by atoms with E-state index in [4.69, 9.17) is 10.1 Å². The van der Waals surface area contributed by atoms with Crippen molar-refractivity contribution in [2.24, 2.45) is 0 Å². The monoisotopic (exact) mass is 375 g/mol. The lowest BCUT2D eigenvalue weighted by molar-refractivity contribution is 0.404. The van der Waals surface area contributed by atoms with Crippen molar-refractivity contribution in [2.75, 3.05) is 11.4 Å². The molecule has 1 fully saturated rings. The minimum Gasteiger partial charge on any atom is -0.351 e. The van der Waals surface area contributed by atoms with Gasteiger partial charge < -0.3 is 4.90 Å². The number of aryl methyl sites for hydroxylation is 2. The minimum atomic E-state index is -0.586. The third-order valence-electron chi connectivity index (χ3n) is 5.91. The maximum absolute atomic E-state index is 10.4. The quantitative estimate of drug-likeness (QED) is 0.681. The Morgan fingerprint density at radius 3 is 2.78 bits per heavy atom. The number of benzene rings is 1. The predicted octanol–water partition coefficient (Wildman–Crippen LogP) is 3.93. The first-order chi connectivity index (χ1) is 13.1. The summed E-state index contributed by atoms with van der Waals surface area (Å²) in [4.78, 5) is 7.17. The number of nitriles is 1. The summed E-state index contributed by atoms with van der Waals surface area (Å²) in [6.45, 7) is 5.03. The van der Waals surface area contributed by atoms with Crippen molar-refractivity contribution >= 4 is 17.2 Å². The molecule has 0 amide bonds. The lowest BCUT2D eigenvalue weighted by Gasteiger charge is -2.42. The molecule has 27 heavy (non-hydrogen) atoms. The highest BCUT2D eigenvalue weighted by Crippen LogP contribution is 2.49. The Morgan fingerprint density at radius 1 is 1.26 bits per heavy atom. The first-order valence-corrected chi connectivity index (χ1v) is 10.3. The molecule has 0 bridgehead atoms. The molecule has 0 radical (unpaired) electrons. The number of thiazole rings is 1. The van der Waals surface area contributed by atoms with E-state index in [1.54, 1.807) is 11.3 Å². The number of nitrogens with zero attached hydrogens (tertiary/aromatic N) is 5. The van der Waals surface area contributed by atoms with Crippen LogP contribution in [-0.2, 0) is 11.8 Å². The van der Waals surface area contributed by atoms with Crippen molar-refractivity contribution in [3.05, 3.63) is 57.7 Å². The lowest BCUT2D eigenvalue weighted by atomic mass is 9.73. The maximum Gasteiger partial charge on any atom is 0.136 e. The number of para-hydroxylation sites is 1. The highest BCUT2D eigenvalue weighted by Gasteiger charge is 2.53. The highest BCUT2D eigenvalue weighted by atomic mass is 32.1. The van der Waals surface area contributed by atoms with Gasteiger partial charge in [0.1, 0.15) is 16.2 Å². The van der Waals surface area contributed by atoms with E-state index < -0.39 is 5.41 Å². The first-order valence-electron chi connectivity index (χ1n) is 9.38. The molecule has 0 N–H and O–H groups in total. The summed E-state index contributed by atoms with van der Waals surface area (Å²) in [6, 6.07) is 13.1. The molecular weight excluding hydrogens is 354 g/mol. The molecule has 136 valence electrons. The average Bonchev–Trinajstić information content (AvgIpc) is 3.41. The number of anilines is 1. The number of aromatic nitrogens is 3. The van der Waals surface area contributed by atoms with Gasteiger partial charge in [-0.2, -0.15) is 10.4 Å². The van der Waals surface area contributed by atoms with Crippen LogP contribution in [0.4, 0.5) is 5.82 Å². The van der Waals surface area contributed by atoms with E-state index in [9.17, 15) is 5.26 Å². The van der Waals surface area contributed by atoms with Gasteiger partial charge in [0.25, 0.3) is 0 Å². The van der Waals surface area contributed by atoms with E-state index in [1.165, 1.54) is 11.4 Å². The summed E-state index contributed by atoms with van der Waals surface area (Å²) in [6.07, 6.45) is 2.80. The van der Waals surface area contributed by atoms with Gasteiger partial charge in [-0.25, -0.2) is 9.67 Å². The first kappa shape index (κ1) is 16.5. The molecule has 4 heterocycles. The molecule has 2 aromatic heterocycles. The molecule has 0 aliphatic carbocycles. The summed E-state index contributed by atoms with van der Waals surface area (Å²) < 4.78 is 2.07. The van der Waals surface area contributed by atoms with E-state index in [1.807, 2.05) is 25.1 Å². The number of fused-ring (bicyclic) bond motifs is 3. The zero-order valence-corrected chi connectivity index (χ0v) is 16.3. The molecule has 1 aromatic carbocycles. The van der Waals surface area contributed by atoms with Gasteiger partial charge in [0.05, 0.1) is 23.5 Å². The van der Waals surface area contributed by atoms with Crippen LogP contribution in [-0.4, -0.2) is 27.4 Å². The maximum atomic E-state index is 10.4. The Labute approximate surface area is 162 Å². The normalized spacial score (nSPS) is 23.7. The zero-order valence-electron chi connectivity index (χ0n) is 15.5. The number of hydrogen-bond acceptors (Lipinski definition) is 5. The fourth-order valence-corrected chi connectivity index (χ4v) is 5.66. The van der Waals surface area contributed by atoms with Gasteiger partial charge in [0, 0.05) is 29.6 Å². The van der Waals surface area contributed by atoms with Crippen LogP contribution < -0.4 is 4.90 Å². The number of hydrogen-bond donors (Lipinski definition) is 0. The highest BCUT2D eigenvalue weighted by molar-refractivity contribution is 7.09. The molecular formula is C21H21N5S. The predicted molar refractivity (Wildman–Crippen MR) is 107 cm³/mol. The molecule has 1 saturated heterocycles. The smallest absolute Gasteiger partial charge is 0.136 e. The van der Waals surface area contributed by atoms with Crippen LogP contribution in [0, 0.1) is 25.2 Å². The van der Waals surface area contributed by atoms with Crippen molar-refractivity contribution in [3.63, 3.8) is 0 Å². The molecule has 6 heteroatoms. The van der Waals surface area contributed by atoms with Crippen molar-refractivity contribution in [3.8, 4) is 11.8 Å². The largest absolute Gasteiger partial charge is 0.351 e. The summed E-state index contributed by atoms with van der Waals surface area (Å²) in [5.41, 5.74) is 3.68. The second-order valence-electron chi connectivity index (χ2n) is 7.54. The summed E-state index contributed by atoms with van der Waals surface area (Å²) in [5.74, 6) is 1.17. The van der Waals surface area contributed by atoms with Gasteiger partial charge in [-0.05, 0) is 38.8 Å². The van der Waals surface area contributed by atoms with Gasteiger partial charge in [0.15, 0.2) is 0 Å². The molecule has 3 aromatic rings. The lowest BCUT2D eigenvalue weighted by Crippen LogP contribution is -2.52. The fourth-order valence-electron chi connectivity index (χ4n) is 4.67. The zero-order chi connectivity index (χ0) is 18.6. The van der Waals surface area contributed by atoms with Gasteiger partial charge in [0.2, 0.25) is 0 Å². The van der Waals surface area contributed by atoms with Crippen LogP contribution in [0.5, 0.6) is 0 Å². The number of rotatable bonds is 2. The van der Waals surface area contributed by atoms with Gasteiger partial charge >= 0.3 is 0 Å². The summed E-state index contributed by atoms with van der Waals surface area (Å²) >= 11 is 1.62. The van der Waals surface area contributed by atoms with Crippen LogP contribution >= 0.6 is 11.3 Å². The summed E-state index contributed by atoms with van der Waals surface area (Å²) in [7, 11) is 0. The van der Waals surface area contributed by atoms with Gasteiger partial charge in [-0.15, -0.1) is 11.3 Å². The van der Waals surface area contributed by atoms with Crippen LogP contribution in [0.3, 0.4) is 0 Å². The van der Waals surface area contributed by atoms with Crippen molar-refractivity contribution in [1.82, 2.24) is 14.8 Å². The van der Waals surface area contributed by atoms with Crippen LogP contribution in [0.15, 0.2) is 35.7 Å². The van der Waals surface area contributed by atoms with E-state index >= 15 is 0 Å². The second-order valence-corrected chi connectivity index (χ2v) is 8.40. The Hall–Kier alpha value is -2.65. The van der Waals surface area contributed by atoms with E-state index in [0.29, 0.717) is 6.42 Å². The van der Waals surface area contributed by atoms with Crippen molar-refractivity contribution < 1.29 is 0 Å². The second kappa shape index (κ2) is 5.93. The van der Waals surface area contributed by atoms with E-state index in [0.717, 1.165) is 41.5 Å². The van der Waals surface area contributed by atoms with Crippen LogP contribution in [0.25, 0.3) is 5.69 Å². The van der Waals surface area contributed by atoms with E-state index in [2.05, 4.69) is 40.1 Å². The van der Waals surface area contributed by atoms with Crippen LogP contribution in [0.2, 0.25) is 0 Å². The standard InChI is InChI=1S/C21H21N5S/c1-14-12-27-20(23-14)21(13-22)11-17-15(2)24-26(16-7-4-3-5-8-16)19(17)25-10-6-9-18(21)25/h3-5,7-8,12,18H,6,9-11H2,1-2H3/t18-,21+/m1/s1. The summed E-state index contributed by atoms with van der Waals surface area (Å²) in [5, 5.41) is 18.2. The Morgan fingerprint density at radius 2 is 2.07 bits per heavy atom. The fraction of sp³-hybridized carbons (Fsp3) is 0.381. The van der Waals surface area contributed by atoms with Gasteiger partial charge in [-0.1, -0.05) is 18.2 Å². The Balaban J connectivity index is 1.72. The molecule has 0 unspecified atom stereocenters. The molecule has 0 saturated carbocycles. The average molecular weight is 376 g/mol. The van der Waals surface area contributed by atoms with Crippen molar-refractivity contribution in [1.29, 1.82) is 5.26 Å². The minimum absolute atomic E-state index is 0.152. The molecule has 2 aliphatic rings. The van der Waals surface area contributed by atoms with Crippen LogP contribution in [0.1, 0.15) is 34.8 Å². The SMILES string of the molecule is Cc1csc([C@]2(C#N)Cc3c(C)nn(-c4ccccc4)c3N3CCC[C@@H]32)n1. The molecule has 2 atom stereocenters. The third-order valence-corrected chi connectivity index (χ3v) is 7.05. The molecule has 5 rings (SSSR count). The van der Waals surface area contributed by atoms with E-state index in [-0.39, 0.29) is 6.04 Å². The third kappa shape index (κ3) is 2.28. The topological polar surface area (TPSA) is 57.7 Å².